The number of carbonyl (C=O) groups is 5. The van der Waals surface area contributed by atoms with E-state index in [1.54, 1.807) is 62.3 Å². The number of benzene rings is 1. The van der Waals surface area contributed by atoms with Gasteiger partial charge in [-0.2, -0.15) is 0 Å². The number of esters is 3. The summed E-state index contributed by atoms with van der Waals surface area (Å²) in [5, 5.41) is 5.30. The van der Waals surface area contributed by atoms with Crippen molar-refractivity contribution in [1.82, 2.24) is 15.5 Å². The van der Waals surface area contributed by atoms with Crippen LogP contribution in [0, 0.1) is 0 Å². The molecule has 1 aromatic rings. The molecule has 0 unspecified atom stereocenters. The van der Waals surface area contributed by atoms with Crippen LogP contribution in [0.5, 0.6) is 0 Å². The maximum absolute atomic E-state index is 13.4. The Morgan fingerprint density at radius 3 is 1.87 bits per heavy atom. The Morgan fingerprint density at radius 2 is 1.31 bits per heavy atom. The van der Waals surface area contributed by atoms with Gasteiger partial charge in [-0.3, -0.25) is 4.79 Å². The maximum Gasteiger partial charge on any atom is 0.407 e. The van der Waals surface area contributed by atoms with Crippen LogP contribution in [0.2, 0.25) is 0 Å². The van der Waals surface area contributed by atoms with E-state index in [-0.39, 0.29) is 25.9 Å². The van der Waals surface area contributed by atoms with Crippen molar-refractivity contribution >= 4 is 30.0 Å². The molecule has 0 aliphatic rings. The van der Waals surface area contributed by atoms with Gasteiger partial charge in [-0.15, -0.1) is 0 Å². The summed E-state index contributed by atoms with van der Waals surface area (Å²) in [5.41, 5.74) is -1.48. The molecule has 45 heavy (non-hydrogen) atoms. The molecule has 254 valence electrons. The van der Waals surface area contributed by atoms with Crippen LogP contribution in [0.25, 0.3) is 0 Å². The van der Waals surface area contributed by atoms with Gasteiger partial charge < -0.3 is 34.5 Å². The van der Waals surface area contributed by atoms with Crippen LogP contribution in [0.15, 0.2) is 30.3 Å². The summed E-state index contributed by atoms with van der Waals surface area (Å²) >= 11 is 0. The second kappa shape index (κ2) is 17.6. The van der Waals surface area contributed by atoms with Gasteiger partial charge in [-0.05, 0) is 93.6 Å². The molecule has 0 spiro atoms. The van der Waals surface area contributed by atoms with Crippen LogP contribution in [0.4, 0.5) is 9.59 Å². The Bertz CT molecular complexity index is 1120. The van der Waals surface area contributed by atoms with Gasteiger partial charge in [-0.25, -0.2) is 19.2 Å². The third-order valence-corrected chi connectivity index (χ3v) is 5.90. The van der Waals surface area contributed by atoms with Gasteiger partial charge >= 0.3 is 30.0 Å². The first-order valence-corrected chi connectivity index (χ1v) is 15.3. The number of hydrogen-bond acceptors (Lipinski definition) is 9. The molecule has 0 saturated carbocycles. The minimum Gasteiger partial charge on any atom is -0.460 e. The Labute approximate surface area is 267 Å². The SMILES string of the molecule is CN(C(=O)N[C@@H](CCC(=O)OC(C)(C)C)C(=O)OC(C)(C)C)[C@@H](CCCCNC(=O)OCc1ccccc1)C(=O)OC(C)(C)C. The van der Waals surface area contributed by atoms with Crippen LogP contribution in [0.1, 0.15) is 100.0 Å². The fraction of sp³-hybridized carbons (Fsp3) is 0.667. The fourth-order valence-corrected chi connectivity index (χ4v) is 3.94. The molecular weight excluding hydrogens is 582 g/mol. The lowest BCUT2D eigenvalue weighted by Gasteiger charge is -2.31. The first kappa shape index (κ1) is 39.2. The van der Waals surface area contributed by atoms with Crippen molar-refractivity contribution in [1.29, 1.82) is 0 Å². The van der Waals surface area contributed by atoms with E-state index < -0.39 is 58.9 Å². The van der Waals surface area contributed by atoms with Crippen molar-refractivity contribution in [3.05, 3.63) is 35.9 Å². The van der Waals surface area contributed by atoms with Crippen molar-refractivity contribution in [3.63, 3.8) is 0 Å². The molecule has 12 heteroatoms. The minimum absolute atomic E-state index is 0.0629. The number of urea groups is 1. The van der Waals surface area contributed by atoms with Crippen LogP contribution in [-0.2, 0) is 39.9 Å². The monoisotopic (exact) mass is 635 g/mol. The third-order valence-electron chi connectivity index (χ3n) is 5.90. The smallest absolute Gasteiger partial charge is 0.407 e. The summed E-state index contributed by atoms with van der Waals surface area (Å²) in [4.78, 5) is 65.1. The molecule has 0 aliphatic heterocycles. The number of likely N-dealkylation sites (N-methyl/N-ethyl adjacent to an activating group) is 1. The Kier molecular flexibility index (Phi) is 15.3. The number of nitrogens with zero attached hydrogens (tertiary/aromatic N) is 1. The molecule has 0 bridgehead atoms. The Morgan fingerprint density at radius 1 is 0.756 bits per heavy atom. The summed E-state index contributed by atoms with van der Waals surface area (Å²) < 4.78 is 21.6. The van der Waals surface area contributed by atoms with Crippen molar-refractivity contribution in [2.24, 2.45) is 0 Å². The number of carbonyl (C=O) groups excluding carboxylic acids is 5. The summed E-state index contributed by atoms with van der Waals surface area (Å²) in [6.07, 6.45) is 0.446. The van der Waals surface area contributed by atoms with Gasteiger partial charge in [0, 0.05) is 20.0 Å². The molecule has 0 heterocycles. The molecule has 1 rings (SSSR count). The van der Waals surface area contributed by atoms with Crippen molar-refractivity contribution in [3.8, 4) is 0 Å². The number of unbranched alkanes of at least 4 members (excludes halogenated alkanes) is 1. The first-order chi connectivity index (χ1) is 20.7. The Hall–Kier alpha value is -3.83. The topological polar surface area (TPSA) is 150 Å². The molecule has 1 aromatic carbocycles. The van der Waals surface area contributed by atoms with E-state index in [2.05, 4.69) is 10.6 Å². The molecule has 3 amide bonds. The molecule has 0 saturated heterocycles. The van der Waals surface area contributed by atoms with Gasteiger partial charge in [0.1, 0.15) is 35.5 Å². The normalized spacial score (nSPS) is 13.1. The predicted octanol–water partition coefficient (Wildman–Crippen LogP) is 5.27. The standard InChI is InChI=1S/C33H53N3O9/c1-31(2,3)43-26(37)20-19-24(27(38)44-32(4,5)6)35-29(40)36(10)25(28(39)45-33(7,8)9)18-14-15-21-34-30(41)42-22-23-16-12-11-13-17-23/h11-13,16-17,24-25H,14-15,18-22H2,1-10H3,(H,34,41)(H,35,40)/t24-,25-/m0/s1. The van der Waals surface area contributed by atoms with Crippen LogP contribution >= 0.6 is 0 Å². The summed E-state index contributed by atoms with van der Waals surface area (Å²) in [7, 11) is 1.43. The van der Waals surface area contributed by atoms with Crippen LogP contribution in [0.3, 0.4) is 0 Å². The number of nitrogens with one attached hydrogen (secondary N) is 2. The summed E-state index contributed by atoms with van der Waals surface area (Å²) in [5.74, 6) is -1.85. The molecule has 0 radical (unpaired) electrons. The molecule has 12 nitrogen and oxygen atoms in total. The van der Waals surface area contributed by atoms with Crippen LogP contribution < -0.4 is 10.6 Å². The first-order valence-electron chi connectivity index (χ1n) is 15.3. The lowest BCUT2D eigenvalue weighted by Crippen LogP contribution is -2.53. The lowest BCUT2D eigenvalue weighted by molar-refractivity contribution is -0.160. The van der Waals surface area contributed by atoms with Gasteiger partial charge in [-0.1, -0.05) is 30.3 Å². The van der Waals surface area contributed by atoms with E-state index in [0.717, 1.165) is 5.56 Å². The zero-order valence-corrected chi connectivity index (χ0v) is 28.6. The van der Waals surface area contributed by atoms with Crippen LogP contribution in [-0.4, -0.2) is 77.4 Å². The highest BCUT2D eigenvalue weighted by molar-refractivity contribution is 5.87. The van der Waals surface area contributed by atoms with E-state index in [9.17, 15) is 24.0 Å². The highest BCUT2D eigenvalue weighted by Crippen LogP contribution is 2.17. The molecule has 2 atom stereocenters. The number of ether oxygens (including phenoxy) is 4. The molecule has 0 aromatic heterocycles. The maximum atomic E-state index is 13.4. The predicted molar refractivity (Wildman–Crippen MR) is 169 cm³/mol. The fourth-order valence-electron chi connectivity index (χ4n) is 3.94. The largest absolute Gasteiger partial charge is 0.460 e. The van der Waals surface area contributed by atoms with E-state index in [0.29, 0.717) is 19.4 Å². The molecule has 0 fully saturated rings. The lowest BCUT2D eigenvalue weighted by atomic mass is 10.1. The highest BCUT2D eigenvalue weighted by atomic mass is 16.6. The zero-order chi connectivity index (χ0) is 34.4. The van der Waals surface area contributed by atoms with Crippen molar-refractivity contribution in [2.45, 2.75) is 130 Å². The molecule has 0 aliphatic carbocycles. The van der Waals surface area contributed by atoms with E-state index in [1.165, 1.54) is 11.9 Å². The van der Waals surface area contributed by atoms with E-state index in [4.69, 9.17) is 18.9 Å². The van der Waals surface area contributed by atoms with Gasteiger partial charge in [0.15, 0.2) is 0 Å². The average molecular weight is 636 g/mol. The molecule has 2 N–H and O–H groups in total. The van der Waals surface area contributed by atoms with E-state index in [1.807, 2.05) is 30.3 Å². The quantitative estimate of drug-likeness (QED) is 0.158. The van der Waals surface area contributed by atoms with Gasteiger partial charge in [0.05, 0.1) is 0 Å². The van der Waals surface area contributed by atoms with Gasteiger partial charge in [0.25, 0.3) is 0 Å². The third kappa shape index (κ3) is 17.9. The second-order valence-corrected chi connectivity index (χ2v) is 13.8. The number of alkyl carbamates (subject to hydrolysis) is 1. The van der Waals surface area contributed by atoms with E-state index >= 15 is 0 Å². The second-order valence-electron chi connectivity index (χ2n) is 13.8. The molecular formula is C33H53N3O9. The number of amides is 3. The Balaban J connectivity index is 2.87. The average Bonchev–Trinajstić information content (AvgIpc) is 2.88. The number of hydrogen-bond donors (Lipinski definition) is 2. The van der Waals surface area contributed by atoms with Crippen molar-refractivity contribution in [2.75, 3.05) is 13.6 Å². The minimum atomic E-state index is -1.17. The van der Waals surface area contributed by atoms with Gasteiger partial charge in [0.2, 0.25) is 0 Å². The highest BCUT2D eigenvalue weighted by Gasteiger charge is 2.34. The van der Waals surface area contributed by atoms with Crippen molar-refractivity contribution < 1.29 is 42.9 Å². The zero-order valence-electron chi connectivity index (χ0n) is 28.6. The number of rotatable bonds is 14. The summed E-state index contributed by atoms with van der Waals surface area (Å²) in [6.45, 7) is 15.9. The summed E-state index contributed by atoms with van der Waals surface area (Å²) in [6, 6.07) is 6.43.